The second-order valence-electron chi connectivity index (χ2n) is 7.69. The smallest absolute Gasteiger partial charge is 0.150 e. The third-order valence-electron chi connectivity index (χ3n) is 5.68. The molecule has 0 saturated carbocycles. The van der Waals surface area contributed by atoms with Gasteiger partial charge in [-0.15, -0.1) is 0 Å². The number of aldehydes is 2. The van der Waals surface area contributed by atoms with Gasteiger partial charge in [-0.05, 0) is 57.7 Å². The van der Waals surface area contributed by atoms with E-state index in [0.29, 0.717) is 11.1 Å². The molecule has 34 heavy (non-hydrogen) atoms. The summed E-state index contributed by atoms with van der Waals surface area (Å²) in [5.74, 6) is 1.53. The van der Waals surface area contributed by atoms with Gasteiger partial charge in [0.25, 0.3) is 0 Å². The highest BCUT2D eigenvalue weighted by Gasteiger charge is 2.17. The van der Waals surface area contributed by atoms with Gasteiger partial charge >= 0.3 is 0 Å². The molecule has 0 radical (unpaired) electrons. The first-order chi connectivity index (χ1) is 16.7. The van der Waals surface area contributed by atoms with Crippen molar-refractivity contribution in [3.8, 4) is 11.5 Å². The quantitative estimate of drug-likeness (QED) is 0.233. The van der Waals surface area contributed by atoms with Gasteiger partial charge in [-0.2, -0.15) is 0 Å². The molecule has 4 nitrogen and oxygen atoms in total. The van der Waals surface area contributed by atoms with Crippen molar-refractivity contribution in [3.63, 3.8) is 0 Å². The van der Waals surface area contributed by atoms with E-state index in [4.69, 9.17) is 9.47 Å². The molecular weight excluding hydrogens is 424 g/mol. The number of hydrogen-bond acceptors (Lipinski definition) is 4. The number of methoxy groups -OCH3 is 2. The lowest BCUT2D eigenvalue weighted by Gasteiger charge is -2.19. The zero-order valence-corrected chi connectivity index (χ0v) is 19.0. The first-order valence-electron chi connectivity index (χ1n) is 10.8. The Bertz CT molecular complexity index is 1190. The molecule has 0 amide bonds. The lowest BCUT2D eigenvalue weighted by molar-refractivity contribution is 0.111. The highest BCUT2D eigenvalue weighted by molar-refractivity contribution is 6.05. The predicted molar refractivity (Wildman–Crippen MR) is 135 cm³/mol. The van der Waals surface area contributed by atoms with Crippen molar-refractivity contribution < 1.29 is 19.1 Å². The fourth-order valence-corrected chi connectivity index (χ4v) is 3.88. The molecule has 0 N–H and O–H groups in total. The van der Waals surface area contributed by atoms with E-state index < -0.39 is 0 Å². The highest BCUT2D eigenvalue weighted by Crippen LogP contribution is 2.38. The topological polar surface area (TPSA) is 52.6 Å². The van der Waals surface area contributed by atoms with Crippen molar-refractivity contribution in [1.82, 2.24) is 0 Å². The Morgan fingerprint density at radius 1 is 0.471 bits per heavy atom. The van der Waals surface area contributed by atoms with Gasteiger partial charge in [-0.25, -0.2) is 0 Å². The minimum Gasteiger partial charge on any atom is -0.497 e. The summed E-state index contributed by atoms with van der Waals surface area (Å²) in [4.78, 5) is 22.5. The summed E-state index contributed by atoms with van der Waals surface area (Å²) < 4.78 is 10.7. The van der Waals surface area contributed by atoms with Crippen LogP contribution in [0.2, 0.25) is 0 Å². The van der Waals surface area contributed by atoms with Crippen LogP contribution in [0, 0.1) is 0 Å². The summed E-state index contributed by atoms with van der Waals surface area (Å²) >= 11 is 0. The van der Waals surface area contributed by atoms with Gasteiger partial charge in [0.2, 0.25) is 0 Å². The Morgan fingerprint density at radius 3 is 0.971 bits per heavy atom. The molecular formula is C30H24O4. The molecule has 4 heteroatoms. The largest absolute Gasteiger partial charge is 0.497 e. The van der Waals surface area contributed by atoms with Crippen LogP contribution in [-0.4, -0.2) is 26.8 Å². The standard InChI is InChI=1S/C30H24O4/c1-33-27-15-11-25(12-16-27)29(23-7-3-21(19-31)4-8-23)30(24-9-5-22(20-32)6-10-24)26-13-17-28(34-2)18-14-26/h3-20H,1-2H3/b30-29-. The average molecular weight is 449 g/mol. The van der Waals surface area contributed by atoms with E-state index in [1.807, 2.05) is 97.1 Å². The monoisotopic (exact) mass is 448 g/mol. The van der Waals surface area contributed by atoms with Crippen LogP contribution in [0.25, 0.3) is 11.1 Å². The molecule has 0 unspecified atom stereocenters. The summed E-state index contributed by atoms with van der Waals surface area (Å²) in [5.41, 5.74) is 7.10. The van der Waals surface area contributed by atoms with Crippen molar-refractivity contribution in [3.05, 3.63) is 130 Å². The SMILES string of the molecule is COc1ccc(/C(=C(/c2ccc(C=O)cc2)c2ccc(OC)cc2)c2ccc(C=O)cc2)cc1. The lowest BCUT2D eigenvalue weighted by atomic mass is 9.85. The Labute approximate surface area is 199 Å². The number of rotatable bonds is 8. The number of benzene rings is 4. The van der Waals surface area contributed by atoms with Crippen LogP contribution in [0.1, 0.15) is 43.0 Å². The zero-order chi connectivity index (χ0) is 23.9. The molecule has 0 heterocycles. The van der Waals surface area contributed by atoms with E-state index in [0.717, 1.165) is 57.5 Å². The number of carbonyl (C=O) groups excluding carboxylic acids is 2. The van der Waals surface area contributed by atoms with E-state index in [1.165, 1.54) is 0 Å². The van der Waals surface area contributed by atoms with Crippen LogP contribution in [-0.2, 0) is 0 Å². The highest BCUT2D eigenvalue weighted by atomic mass is 16.5. The van der Waals surface area contributed by atoms with Gasteiger partial charge in [0, 0.05) is 11.1 Å². The van der Waals surface area contributed by atoms with Crippen LogP contribution < -0.4 is 9.47 Å². The second-order valence-corrected chi connectivity index (χ2v) is 7.69. The zero-order valence-electron chi connectivity index (χ0n) is 19.0. The van der Waals surface area contributed by atoms with E-state index in [1.54, 1.807) is 14.2 Å². The van der Waals surface area contributed by atoms with Crippen molar-refractivity contribution in [2.24, 2.45) is 0 Å². The van der Waals surface area contributed by atoms with Gasteiger partial charge in [0.15, 0.2) is 0 Å². The van der Waals surface area contributed by atoms with E-state index in [9.17, 15) is 9.59 Å². The minimum atomic E-state index is 0.610. The summed E-state index contributed by atoms with van der Waals surface area (Å²) in [6.45, 7) is 0. The Kier molecular flexibility index (Phi) is 6.99. The number of carbonyl (C=O) groups is 2. The molecule has 0 aliphatic carbocycles. The fraction of sp³-hybridized carbons (Fsp3) is 0.0667. The van der Waals surface area contributed by atoms with Crippen molar-refractivity contribution in [1.29, 1.82) is 0 Å². The molecule has 0 aliphatic heterocycles. The molecule has 0 spiro atoms. The maximum absolute atomic E-state index is 11.3. The maximum Gasteiger partial charge on any atom is 0.150 e. The molecule has 4 aromatic rings. The van der Waals surface area contributed by atoms with E-state index in [-0.39, 0.29) is 0 Å². The van der Waals surface area contributed by atoms with Crippen LogP contribution in [0.5, 0.6) is 11.5 Å². The molecule has 168 valence electrons. The molecule has 0 saturated heterocycles. The normalized spacial score (nSPS) is 11.4. The minimum absolute atomic E-state index is 0.610. The van der Waals surface area contributed by atoms with Gasteiger partial charge in [0.1, 0.15) is 24.1 Å². The van der Waals surface area contributed by atoms with Gasteiger partial charge < -0.3 is 9.47 Å². The summed E-state index contributed by atoms with van der Waals surface area (Å²) in [6.07, 6.45) is 1.67. The first kappa shape index (κ1) is 22.7. The number of hydrogen-bond donors (Lipinski definition) is 0. The third-order valence-corrected chi connectivity index (χ3v) is 5.68. The van der Waals surface area contributed by atoms with Crippen LogP contribution in [0.3, 0.4) is 0 Å². The average Bonchev–Trinajstić information content (AvgIpc) is 2.92. The summed E-state index contributed by atoms with van der Waals surface area (Å²) in [6, 6.07) is 30.8. The van der Waals surface area contributed by atoms with E-state index in [2.05, 4.69) is 0 Å². The lowest BCUT2D eigenvalue weighted by Crippen LogP contribution is -1.99. The van der Waals surface area contributed by atoms with Gasteiger partial charge in [0.05, 0.1) is 14.2 Å². The maximum atomic E-state index is 11.3. The van der Waals surface area contributed by atoms with Crippen molar-refractivity contribution in [2.45, 2.75) is 0 Å². The van der Waals surface area contributed by atoms with Gasteiger partial charge in [-0.3, -0.25) is 9.59 Å². The van der Waals surface area contributed by atoms with Gasteiger partial charge in [-0.1, -0.05) is 72.8 Å². The Balaban J connectivity index is 2.04. The number of ether oxygens (including phenoxy) is 2. The van der Waals surface area contributed by atoms with Crippen LogP contribution in [0.4, 0.5) is 0 Å². The molecule has 4 rings (SSSR count). The van der Waals surface area contributed by atoms with Crippen LogP contribution in [0.15, 0.2) is 97.1 Å². The molecule has 0 fully saturated rings. The third kappa shape index (κ3) is 4.81. The molecule has 4 aromatic carbocycles. The van der Waals surface area contributed by atoms with E-state index >= 15 is 0 Å². The molecule has 0 bridgehead atoms. The van der Waals surface area contributed by atoms with Crippen LogP contribution >= 0.6 is 0 Å². The summed E-state index contributed by atoms with van der Waals surface area (Å²) in [5, 5.41) is 0. The molecule has 0 aliphatic rings. The van der Waals surface area contributed by atoms with Crippen molar-refractivity contribution in [2.75, 3.05) is 14.2 Å². The molecule has 0 aromatic heterocycles. The molecule has 0 atom stereocenters. The van der Waals surface area contributed by atoms with Crippen molar-refractivity contribution >= 4 is 23.7 Å². The summed E-state index contributed by atoms with van der Waals surface area (Å²) in [7, 11) is 3.28. The Morgan fingerprint density at radius 2 is 0.735 bits per heavy atom. The predicted octanol–water partition coefficient (Wildman–Crippen LogP) is 6.34. The Hall–Kier alpha value is -4.44. The second kappa shape index (κ2) is 10.5. The first-order valence-corrected chi connectivity index (χ1v) is 10.8. The fourth-order valence-electron chi connectivity index (χ4n) is 3.88.